The molecule has 1 aromatic heterocycles. The summed E-state index contributed by atoms with van der Waals surface area (Å²) in [6.45, 7) is 4.40. The second-order valence-electron chi connectivity index (χ2n) is 5.51. The average molecular weight is 350 g/mol. The van der Waals surface area contributed by atoms with Gasteiger partial charge in [-0.15, -0.1) is 0 Å². The molecular formula is C16H20ClN5O2. The van der Waals surface area contributed by atoms with Gasteiger partial charge in [-0.05, 0) is 44.0 Å². The molecule has 0 aliphatic heterocycles. The number of hydrogen-bond acceptors (Lipinski definition) is 6. The van der Waals surface area contributed by atoms with Crippen molar-refractivity contribution in [2.45, 2.75) is 32.7 Å². The standard InChI is InChI=1S/C16H20ClN5O2/c1-11(2)18-15-19-14(17)20-16(21-15)22(10-6-9-13(23)24)12-7-4-3-5-8-12/h3-5,7-8,11H,6,9-10H2,1-2H3,(H,23,24)(H,18,19,20,21). The lowest BCUT2D eigenvalue weighted by Crippen LogP contribution is -2.23. The molecule has 0 bridgehead atoms. The molecule has 2 N–H and O–H groups in total. The van der Waals surface area contributed by atoms with E-state index in [0.29, 0.717) is 24.9 Å². The fourth-order valence-electron chi connectivity index (χ4n) is 2.12. The van der Waals surface area contributed by atoms with E-state index < -0.39 is 5.97 Å². The van der Waals surface area contributed by atoms with Crippen LogP contribution in [0.4, 0.5) is 17.6 Å². The smallest absolute Gasteiger partial charge is 0.303 e. The number of carboxylic acids is 1. The number of halogens is 1. The SMILES string of the molecule is CC(C)Nc1nc(Cl)nc(N(CCCC(=O)O)c2ccccc2)n1. The fraction of sp³-hybridized carbons (Fsp3) is 0.375. The van der Waals surface area contributed by atoms with E-state index in [4.69, 9.17) is 16.7 Å². The van der Waals surface area contributed by atoms with Crippen LogP contribution in [0.15, 0.2) is 30.3 Å². The Morgan fingerprint density at radius 2 is 1.96 bits per heavy atom. The Balaban J connectivity index is 2.32. The molecule has 1 heterocycles. The number of para-hydroxylation sites is 1. The van der Waals surface area contributed by atoms with Crippen molar-refractivity contribution >= 4 is 35.2 Å². The van der Waals surface area contributed by atoms with Gasteiger partial charge in [0.1, 0.15) is 0 Å². The van der Waals surface area contributed by atoms with Crippen LogP contribution in [0.1, 0.15) is 26.7 Å². The van der Waals surface area contributed by atoms with E-state index in [1.54, 1.807) is 0 Å². The summed E-state index contributed by atoms with van der Waals surface area (Å²) in [5.41, 5.74) is 0.862. The maximum absolute atomic E-state index is 10.8. The third kappa shape index (κ3) is 5.34. The van der Waals surface area contributed by atoms with Gasteiger partial charge in [0, 0.05) is 24.7 Å². The minimum absolute atomic E-state index is 0.0687. The van der Waals surface area contributed by atoms with Crippen molar-refractivity contribution in [1.29, 1.82) is 0 Å². The van der Waals surface area contributed by atoms with Crippen LogP contribution in [-0.4, -0.2) is 38.6 Å². The number of aliphatic carboxylic acids is 1. The molecule has 0 fully saturated rings. The Bertz CT molecular complexity index is 681. The summed E-state index contributed by atoms with van der Waals surface area (Å²) in [6, 6.07) is 9.67. The molecule has 128 valence electrons. The monoisotopic (exact) mass is 349 g/mol. The number of rotatable bonds is 8. The van der Waals surface area contributed by atoms with Crippen LogP contribution in [0.3, 0.4) is 0 Å². The van der Waals surface area contributed by atoms with Crippen LogP contribution >= 0.6 is 11.6 Å². The largest absolute Gasteiger partial charge is 0.481 e. The highest BCUT2D eigenvalue weighted by atomic mass is 35.5. The van der Waals surface area contributed by atoms with E-state index in [2.05, 4.69) is 20.3 Å². The van der Waals surface area contributed by atoms with Gasteiger partial charge in [-0.3, -0.25) is 4.79 Å². The van der Waals surface area contributed by atoms with Crippen LogP contribution in [0, 0.1) is 0 Å². The Morgan fingerprint density at radius 1 is 1.25 bits per heavy atom. The summed E-state index contributed by atoms with van der Waals surface area (Å²) < 4.78 is 0. The normalized spacial score (nSPS) is 10.7. The predicted molar refractivity (Wildman–Crippen MR) is 93.9 cm³/mol. The van der Waals surface area contributed by atoms with E-state index in [0.717, 1.165) is 5.69 Å². The van der Waals surface area contributed by atoms with Crippen LogP contribution < -0.4 is 10.2 Å². The summed E-state index contributed by atoms with van der Waals surface area (Å²) in [5.74, 6) is -0.0623. The zero-order chi connectivity index (χ0) is 17.5. The van der Waals surface area contributed by atoms with Crippen molar-refractivity contribution in [3.8, 4) is 0 Å². The van der Waals surface area contributed by atoms with Gasteiger partial charge in [0.25, 0.3) is 0 Å². The number of carbonyl (C=O) groups is 1. The highest BCUT2D eigenvalue weighted by Crippen LogP contribution is 2.24. The second kappa shape index (κ2) is 8.44. The van der Waals surface area contributed by atoms with E-state index in [1.165, 1.54) is 0 Å². The zero-order valence-electron chi connectivity index (χ0n) is 13.6. The third-order valence-corrected chi connectivity index (χ3v) is 3.26. The summed E-state index contributed by atoms with van der Waals surface area (Å²) >= 11 is 6.03. The molecule has 0 amide bonds. The van der Waals surface area contributed by atoms with E-state index in [9.17, 15) is 4.79 Å². The van der Waals surface area contributed by atoms with Gasteiger partial charge in [0.05, 0.1) is 0 Å². The lowest BCUT2D eigenvalue weighted by atomic mass is 10.2. The maximum Gasteiger partial charge on any atom is 0.303 e. The molecule has 0 unspecified atom stereocenters. The number of nitrogens with one attached hydrogen (secondary N) is 1. The molecule has 0 aliphatic carbocycles. The van der Waals surface area contributed by atoms with Crippen molar-refractivity contribution in [3.63, 3.8) is 0 Å². The molecule has 24 heavy (non-hydrogen) atoms. The molecule has 2 rings (SSSR count). The second-order valence-corrected chi connectivity index (χ2v) is 5.85. The van der Waals surface area contributed by atoms with E-state index in [-0.39, 0.29) is 17.7 Å². The van der Waals surface area contributed by atoms with Crippen LogP contribution in [0.25, 0.3) is 0 Å². The highest BCUT2D eigenvalue weighted by molar-refractivity contribution is 6.28. The predicted octanol–water partition coefficient (Wildman–Crippen LogP) is 3.35. The first kappa shape index (κ1) is 17.9. The van der Waals surface area contributed by atoms with Gasteiger partial charge in [0.15, 0.2) is 0 Å². The molecular weight excluding hydrogens is 330 g/mol. The maximum atomic E-state index is 10.8. The first-order chi connectivity index (χ1) is 11.5. The van der Waals surface area contributed by atoms with Gasteiger partial charge >= 0.3 is 5.97 Å². The van der Waals surface area contributed by atoms with E-state index in [1.807, 2.05) is 49.1 Å². The Labute approximate surface area is 145 Å². The fourth-order valence-corrected chi connectivity index (χ4v) is 2.28. The van der Waals surface area contributed by atoms with E-state index >= 15 is 0 Å². The Morgan fingerprint density at radius 3 is 2.58 bits per heavy atom. The van der Waals surface area contributed by atoms with Crippen molar-refractivity contribution in [1.82, 2.24) is 15.0 Å². The summed E-state index contributed by atoms with van der Waals surface area (Å²) in [5, 5.41) is 12.0. The molecule has 0 radical (unpaired) electrons. The molecule has 2 aromatic rings. The molecule has 8 heteroatoms. The van der Waals surface area contributed by atoms with Gasteiger partial charge < -0.3 is 15.3 Å². The van der Waals surface area contributed by atoms with Crippen molar-refractivity contribution in [2.24, 2.45) is 0 Å². The Hall–Kier alpha value is -2.41. The van der Waals surface area contributed by atoms with Crippen molar-refractivity contribution < 1.29 is 9.90 Å². The van der Waals surface area contributed by atoms with Crippen molar-refractivity contribution in [2.75, 3.05) is 16.8 Å². The summed E-state index contributed by atoms with van der Waals surface area (Å²) in [4.78, 5) is 25.3. The number of carboxylic acid groups (broad SMARTS) is 1. The average Bonchev–Trinajstić information content (AvgIpc) is 2.51. The summed E-state index contributed by atoms with van der Waals surface area (Å²) in [6.07, 6.45) is 0.528. The quantitative estimate of drug-likeness (QED) is 0.755. The first-order valence-corrected chi connectivity index (χ1v) is 8.06. The van der Waals surface area contributed by atoms with Crippen molar-refractivity contribution in [3.05, 3.63) is 35.6 Å². The lowest BCUT2D eigenvalue weighted by molar-refractivity contribution is -0.137. The number of benzene rings is 1. The lowest BCUT2D eigenvalue weighted by Gasteiger charge is -2.23. The minimum atomic E-state index is -0.834. The molecule has 0 spiro atoms. The third-order valence-electron chi connectivity index (χ3n) is 3.10. The number of anilines is 3. The minimum Gasteiger partial charge on any atom is -0.481 e. The van der Waals surface area contributed by atoms with Crippen LogP contribution in [-0.2, 0) is 4.79 Å². The molecule has 0 saturated heterocycles. The van der Waals surface area contributed by atoms with Gasteiger partial charge in [-0.1, -0.05) is 18.2 Å². The number of aromatic nitrogens is 3. The Kier molecular flexibility index (Phi) is 6.31. The highest BCUT2D eigenvalue weighted by Gasteiger charge is 2.16. The first-order valence-electron chi connectivity index (χ1n) is 7.68. The summed E-state index contributed by atoms with van der Waals surface area (Å²) in [7, 11) is 0. The molecule has 0 aliphatic rings. The van der Waals surface area contributed by atoms with Gasteiger partial charge in [-0.2, -0.15) is 15.0 Å². The molecule has 0 atom stereocenters. The number of hydrogen-bond donors (Lipinski definition) is 2. The molecule has 0 saturated carbocycles. The van der Waals surface area contributed by atoms with Gasteiger partial charge in [-0.25, -0.2) is 0 Å². The van der Waals surface area contributed by atoms with Gasteiger partial charge in [0.2, 0.25) is 17.2 Å². The zero-order valence-corrected chi connectivity index (χ0v) is 14.4. The molecule has 7 nitrogen and oxygen atoms in total. The number of nitrogens with zero attached hydrogens (tertiary/aromatic N) is 4. The van der Waals surface area contributed by atoms with Crippen LogP contribution in [0.2, 0.25) is 5.28 Å². The topological polar surface area (TPSA) is 91.2 Å². The van der Waals surface area contributed by atoms with Crippen LogP contribution in [0.5, 0.6) is 0 Å². The molecule has 1 aromatic carbocycles.